The van der Waals surface area contributed by atoms with Gasteiger partial charge in [0.25, 0.3) is 0 Å². The van der Waals surface area contributed by atoms with Gasteiger partial charge in [-0.1, -0.05) is 36.4 Å². The Kier molecular flexibility index (Phi) is 3.09. The van der Waals surface area contributed by atoms with Gasteiger partial charge in [0.05, 0.1) is 0 Å². The first-order valence-electron chi connectivity index (χ1n) is 6.99. The van der Waals surface area contributed by atoms with Gasteiger partial charge in [-0.05, 0) is 41.5 Å². The molecule has 0 saturated carbocycles. The Hall–Kier alpha value is -2.72. The molecule has 0 fully saturated rings. The van der Waals surface area contributed by atoms with Gasteiger partial charge in [-0.2, -0.15) is 0 Å². The lowest BCUT2D eigenvalue weighted by atomic mass is 10.0. The van der Waals surface area contributed by atoms with Gasteiger partial charge in [-0.25, -0.2) is 0 Å². The van der Waals surface area contributed by atoms with Crippen LogP contribution < -0.4 is 4.65 Å². The normalized spacial score (nSPS) is 11.0. The van der Waals surface area contributed by atoms with Gasteiger partial charge in [0, 0.05) is 10.8 Å². The van der Waals surface area contributed by atoms with Crippen LogP contribution in [0.1, 0.15) is 0 Å². The molecule has 1 heterocycles. The van der Waals surface area contributed by atoms with Crippen LogP contribution in [-0.2, 0) is 0 Å². The molecule has 1 radical (unpaired) electrons. The summed E-state index contributed by atoms with van der Waals surface area (Å²) in [6, 6.07) is 21.8. The maximum Gasteiger partial charge on any atom is 0.569 e. The zero-order valence-electron chi connectivity index (χ0n) is 11.7. The van der Waals surface area contributed by atoms with Gasteiger partial charge in [0.15, 0.2) is 0 Å². The van der Waals surface area contributed by atoms with Gasteiger partial charge in [0.2, 0.25) is 0 Å². The number of hydrogen-bond donors (Lipinski definition) is 1. The van der Waals surface area contributed by atoms with Crippen LogP contribution in [0, 0.1) is 0 Å². The Balaban J connectivity index is 1.83. The molecule has 3 aromatic carbocycles. The average molecular weight is 287 g/mol. The highest BCUT2D eigenvalue weighted by molar-refractivity contribution is 6.17. The number of furan rings is 1. The van der Waals surface area contributed by atoms with Crippen LogP contribution in [0.2, 0.25) is 0 Å². The van der Waals surface area contributed by atoms with Gasteiger partial charge in [0.1, 0.15) is 16.9 Å². The molecule has 0 saturated heterocycles. The minimum Gasteiger partial charge on any atom is -0.537 e. The molecule has 22 heavy (non-hydrogen) atoms. The second-order valence-corrected chi connectivity index (χ2v) is 5.06. The molecule has 4 rings (SSSR count). The molecule has 0 amide bonds. The van der Waals surface area contributed by atoms with Crippen molar-refractivity contribution in [3.63, 3.8) is 0 Å². The zero-order chi connectivity index (χ0) is 14.9. The minimum atomic E-state index is 0.598. The third-order valence-electron chi connectivity index (χ3n) is 3.75. The summed E-state index contributed by atoms with van der Waals surface area (Å²) in [5, 5.41) is 10.9. The first-order chi connectivity index (χ1) is 10.8. The Morgan fingerprint density at radius 2 is 1.50 bits per heavy atom. The molecule has 0 bridgehead atoms. The zero-order valence-corrected chi connectivity index (χ0v) is 11.7. The van der Waals surface area contributed by atoms with Crippen LogP contribution in [0.3, 0.4) is 0 Å². The summed E-state index contributed by atoms with van der Waals surface area (Å²) < 4.78 is 10.8. The predicted octanol–water partition coefficient (Wildman–Crippen LogP) is 4.16. The molecule has 4 aromatic rings. The lowest BCUT2D eigenvalue weighted by Gasteiger charge is -2.04. The molecule has 1 aromatic heterocycles. The van der Waals surface area contributed by atoms with Crippen LogP contribution >= 0.6 is 0 Å². The fourth-order valence-corrected chi connectivity index (χ4v) is 2.69. The average Bonchev–Trinajstić information content (AvgIpc) is 2.94. The van der Waals surface area contributed by atoms with Crippen molar-refractivity contribution in [2.24, 2.45) is 0 Å². The number of fused-ring (bicyclic) bond motifs is 3. The number of benzene rings is 3. The predicted molar refractivity (Wildman–Crippen MR) is 87.8 cm³/mol. The monoisotopic (exact) mass is 287 g/mol. The van der Waals surface area contributed by atoms with Crippen molar-refractivity contribution in [1.29, 1.82) is 0 Å². The van der Waals surface area contributed by atoms with E-state index in [9.17, 15) is 0 Å². The van der Waals surface area contributed by atoms with E-state index in [1.54, 1.807) is 0 Å². The van der Waals surface area contributed by atoms with Gasteiger partial charge >= 0.3 is 7.69 Å². The Bertz CT molecular complexity index is 942. The molecular formula is C18H12BO3. The van der Waals surface area contributed by atoms with Crippen molar-refractivity contribution in [1.82, 2.24) is 0 Å². The van der Waals surface area contributed by atoms with Crippen LogP contribution in [-0.4, -0.2) is 12.7 Å². The van der Waals surface area contributed by atoms with Crippen molar-refractivity contribution >= 4 is 29.6 Å². The van der Waals surface area contributed by atoms with E-state index in [1.165, 1.54) is 0 Å². The standard InChI is InChI=1S/C18H12BO3/c20-19-22-14-8-5-12(6-9-14)13-7-10-18-16(11-13)15-3-1-2-4-17(15)21-18/h1-11,20H. The molecule has 4 heteroatoms. The lowest BCUT2D eigenvalue weighted by Crippen LogP contribution is -1.99. The summed E-state index contributed by atoms with van der Waals surface area (Å²) in [7, 11) is 0.679. The molecule has 0 aliphatic heterocycles. The fraction of sp³-hybridized carbons (Fsp3) is 0. The number of hydrogen-bond acceptors (Lipinski definition) is 3. The summed E-state index contributed by atoms with van der Waals surface area (Å²) in [5.41, 5.74) is 3.98. The molecule has 0 unspecified atom stereocenters. The summed E-state index contributed by atoms with van der Waals surface area (Å²) in [6.45, 7) is 0. The van der Waals surface area contributed by atoms with Crippen molar-refractivity contribution in [3.8, 4) is 16.9 Å². The second-order valence-electron chi connectivity index (χ2n) is 5.06. The molecule has 0 aliphatic carbocycles. The quantitative estimate of drug-likeness (QED) is 0.575. The summed E-state index contributed by atoms with van der Waals surface area (Å²) in [6.07, 6.45) is 0. The van der Waals surface area contributed by atoms with Crippen molar-refractivity contribution in [2.45, 2.75) is 0 Å². The molecule has 0 spiro atoms. The van der Waals surface area contributed by atoms with Gasteiger partial charge < -0.3 is 14.1 Å². The number of rotatable bonds is 3. The first kappa shape index (κ1) is 13.0. The molecular weight excluding hydrogens is 275 g/mol. The van der Waals surface area contributed by atoms with E-state index < -0.39 is 0 Å². The number of para-hydroxylation sites is 1. The molecule has 1 N–H and O–H groups in total. The van der Waals surface area contributed by atoms with Gasteiger partial charge in [-0.3, -0.25) is 0 Å². The summed E-state index contributed by atoms with van der Waals surface area (Å²) in [5.74, 6) is 0.598. The van der Waals surface area contributed by atoms with E-state index in [-0.39, 0.29) is 0 Å². The largest absolute Gasteiger partial charge is 0.569 e. The highest BCUT2D eigenvalue weighted by Gasteiger charge is 2.08. The van der Waals surface area contributed by atoms with Crippen molar-refractivity contribution in [2.75, 3.05) is 0 Å². The highest BCUT2D eigenvalue weighted by Crippen LogP contribution is 2.32. The van der Waals surface area contributed by atoms with Crippen LogP contribution in [0.4, 0.5) is 0 Å². The van der Waals surface area contributed by atoms with Crippen LogP contribution in [0.25, 0.3) is 33.1 Å². The van der Waals surface area contributed by atoms with Gasteiger partial charge in [-0.15, -0.1) is 0 Å². The van der Waals surface area contributed by atoms with E-state index in [0.29, 0.717) is 13.4 Å². The Labute approximate surface area is 128 Å². The van der Waals surface area contributed by atoms with E-state index >= 15 is 0 Å². The fourth-order valence-electron chi connectivity index (χ4n) is 2.69. The molecule has 3 nitrogen and oxygen atoms in total. The molecule has 0 aliphatic rings. The SMILES string of the molecule is O[B]Oc1ccc(-c2ccc3oc4ccccc4c3c2)cc1. The second kappa shape index (κ2) is 5.24. The van der Waals surface area contributed by atoms with E-state index in [4.69, 9.17) is 14.1 Å². The third kappa shape index (κ3) is 2.14. The summed E-state index contributed by atoms with van der Waals surface area (Å²) >= 11 is 0. The van der Waals surface area contributed by atoms with Crippen molar-refractivity contribution in [3.05, 3.63) is 66.7 Å². The van der Waals surface area contributed by atoms with E-state index in [0.717, 1.165) is 33.1 Å². The van der Waals surface area contributed by atoms with Crippen molar-refractivity contribution < 1.29 is 14.1 Å². The Morgan fingerprint density at radius 1 is 0.773 bits per heavy atom. The minimum absolute atomic E-state index is 0.598. The first-order valence-corrected chi connectivity index (χ1v) is 6.99. The maximum absolute atomic E-state index is 8.64. The lowest BCUT2D eigenvalue weighted by molar-refractivity contribution is 0.454. The molecule has 0 atom stereocenters. The smallest absolute Gasteiger partial charge is 0.537 e. The maximum atomic E-state index is 8.64. The summed E-state index contributed by atoms with van der Waals surface area (Å²) in [4.78, 5) is 0. The topological polar surface area (TPSA) is 42.6 Å². The van der Waals surface area contributed by atoms with Crippen LogP contribution in [0.15, 0.2) is 71.1 Å². The highest BCUT2D eigenvalue weighted by atomic mass is 16.5. The third-order valence-corrected chi connectivity index (χ3v) is 3.75. The van der Waals surface area contributed by atoms with E-state index in [1.807, 2.05) is 54.6 Å². The van der Waals surface area contributed by atoms with E-state index in [2.05, 4.69) is 12.1 Å². The molecule has 105 valence electrons. The van der Waals surface area contributed by atoms with Crippen LogP contribution in [0.5, 0.6) is 5.75 Å². The Morgan fingerprint density at radius 3 is 2.32 bits per heavy atom.